The first-order valence-electron chi connectivity index (χ1n) is 10.5. The third-order valence-corrected chi connectivity index (χ3v) is 5.65. The van der Waals surface area contributed by atoms with Crippen molar-refractivity contribution in [3.8, 4) is 5.75 Å². The van der Waals surface area contributed by atoms with Crippen LogP contribution in [0, 0.1) is 6.92 Å². The first-order valence-corrected chi connectivity index (χ1v) is 10.5. The number of benzene rings is 1. The van der Waals surface area contributed by atoms with Gasteiger partial charge in [0.2, 0.25) is 5.89 Å². The minimum atomic E-state index is -4.39. The van der Waals surface area contributed by atoms with Gasteiger partial charge in [0, 0.05) is 32.1 Å². The zero-order valence-electron chi connectivity index (χ0n) is 17.7. The Morgan fingerprint density at radius 1 is 1.12 bits per heavy atom. The number of amides is 2. The monoisotopic (exact) mass is 454 g/mol. The van der Waals surface area contributed by atoms with Crippen LogP contribution in [-0.2, 0) is 4.74 Å². The number of morpholine rings is 1. The summed E-state index contributed by atoms with van der Waals surface area (Å²) in [5.74, 6) is 0.979. The van der Waals surface area contributed by atoms with Crippen LogP contribution in [0.3, 0.4) is 0 Å². The van der Waals surface area contributed by atoms with E-state index in [4.69, 9.17) is 14.0 Å². The molecule has 32 heavy (non-hydrogen) atoms. The number of ether oxygens (including phenoxy) is 2. The van der Waals surface area contributed by atoms with Crippen molar-refractivity contribution >= 4 is 6.03 Å². The molecule has 2 fully saturated rings. The number of carbonyl (C=O) groups is 1. The number of piperidine rings is 1. The molecule has 1 aromatic carbocycles. The highest BCUT2D eigenvalue weighted by atomic mass is 19.4. The van der Waals surface area contributed by atoms with Crippen molar-refractivity contribution in [3.63, 3.8) is 0 Å². The van der Waals surface area contributed by atoms with Crippen molar-refractivity contribution in [2.24, 2.45) is 0 Å². The van der Waals surface area contributed by atoms with Crippen molar-refractivity contribution < 1.29 is 32.0 Å². The first-order chi connectivity index (χ1) is 15.3. The zero-order valence-corrected chi connectivity index (χ0v) is 17.7. The van der Waals surface area contributed by atoms with Gasteiger partial charge in [0.1, 0.15) is 5.75 Å². The smallest absolute Gasteiger partial charge is 0.422 e. The molecule has 2 atom stereocenters. The lowest BCUT2D eigenvalue weighted by Crippen LogP contribution is -2.52. The normalized spacial score (nSPS) is 22.1. The van der Waals surface area contributed by atoms with E-state index in [2.05, 4.69) is 10.1 Å². The SMILES string of the molecule is Cc1noc(C2CC(c3ccc(OCC(F)(F)F)cc3)CN(C(=O)N3CCOCC3)C2)n1. The molecule has 3 heterocycles. The molecular weight excluding hydrogens is 429 g/mol. The van der Waals surface area contributed by atoms with Crippen LogP contribution in [0.2, 0.25) is 0 Å². The fraction of sp³-hybridized carbons (Fsp3) is 0.571. The van der Waals surface area contributed by atoms with Crippen LogP contribution < -0.4 is 4.74 Å². The van der Waals surface area contributed by atoms with Gasteiger partial charge in [0.25, 0.3) is 0 Å². The number of hydrogen-bond donors (Lipinski definition) is 0. The molecule has 8 nitrogen and oxygen atoms in total. The number of aryl methyl sites for hydroxylation is 1. The molecule has 2 aliphatic rings. The van der Waals surface area contributed by atoms with E-state index in [1.54, 1.807) is 28.9 Å². The van der Waals surface area contributed by atoms with Gasteiger partial charge in [0.05, 0.1) is 19.1 Å². The highest BCUT2D eigenvalue weighted by molar-refractivity contribution is 5.75. The summed E-state index contributed by atoms with van der Waals surface area (Å²) in [7, 11) is 0. The highest BCUT2D eigenvalue weighted by Gasteiger charge is 2.36. The van der Waals surface area contributed by atoms with Crippen LogP contribution >= 0.6 is 0 Å². The van der Waals surface area contributed by atoms with E-state index < -0.39 is 12.8 Å². The van der Waals surface area contributed by atoms with E-state index >= 15 is 0 Å². The number of nitrogens with zero attached hydrogens (tertiary/aromatic N) is 4. The zero-order chi connectivity index (χ0) is 22.7. The van der Waals surface area contributed by atoms with Crippen LogP contribution in [0.5, 0.6) is 5.75 Å². The molecule has 0 spiro atoms. The Hall–Kier alpha value is -2.82. The number of halogens is 3. The van der Waals surface area contributed by atoms with Gasteiger partial charge in [-0.15, -0.1) is 0 Å². The largest absolute Gasteiger partial charge is 0.484 e. The van der Waals surface area contributed by atoms with Gasteiger partial charge in [-0.25, -0.2) is 4.79 Å². The maximum atomic E-state index is 13.1. The summed E-state index contributed by atoms with van der Waals surface area (Å²) in [5.41, 5.74) is 0.907. The molecule has 11 heteroatoms. The number of carbonyl (C=O) groups excluding carboxylic acids is 1. The van der Waals surface area contributed by atoms with Crippen LogP contribution in [0.15, 0.2) is 28.8 Å². The second kappa shape index (κ2) is 9.35. The number of rotatable bonds is 4. The summed E-state index contributed by atoms with van der Waals surface area (Å²) in [6.07, 6.45) is -3.71. The Morgan fingerprint density at radius 2 is 1.81 bits per heavy atom. The summed E-state index contributed by atoms with van der Waals surface area (Å²) in [4.78, 5) is 21.1. The number of urea groups is 1. The average molecular weight is 454 g/mol. The van der Waals surface area contributed by atoms with Gasteiger partial charge >= 0.3 is 12.2 Å². The number of likely N-dealkylation sites (tertiary alicyclic amines) is 1. The molecule has 0 N–H and O–H groups in total. The Morgan fingerprint density at radius 3 is 2.44 bits per heavy atom. The Kier molecular flexibility index (Phi) is 6.54. The Bertz CT molecular complexity index is 913. The molecule has 2 aliphatic heterocycles. The lowest BCUT2D eigenvalue weighted by atomic mass is 9.84. The second-order valence-electron chi connectivity index (χ2n) is 8.07. The fourth-order valence-corrected chi connectivity index (χ4v) is 4.11. The van der Waals surface area contributed by atoms with Crippen molar-refractivity contribution in [2.45, 2.75) is 31.4 Å². The molecule has 2 saturated heterocycles. The summed E-state index contributed by atoms with van der Waals surface area (Å²) in [6, 6.07) is 6.47. The molecule has 174 valence electrons. The van der Waals surface area contributed by atoms with Crippen LogP contribution in [-0.4, -0.2) is 78.1 Å². The van der Waals surface area contributed by atoms with Gasteiger partial charge in [-0.3, -0.25) is 0 Å². The summed E-state index contributed by atoms with van der Waals surface area (Å²) < 4.78 is 52.7. The molecule has 1 aromatic heterocycles. The molecule has 0 aliphatic carbocycles. The number of hydrogen-bond acceptors (Lipinski definition) is 6. The Labute approximate surface area is 183 Å². The third kappa shape index (κ3) is 5.50. The Balaban J connectivity index is 1.51. The maximum Gasteiger partial charge on any atom is 0.422 e. The van der Waals surface area contributed by atoms with E-state index in [9.17, 15) is 18.0 Å². The van der Waals surface area contributed by atoms with Gasteiger partial charge < -0.3 is 23.8 Å². The van der Waals surface area contributed by atoms with Crippen molar-refractivity contribution in [2.75, 3.05) is 46.0 Å². The summed E-state index contributed by atoms with van der Waals surface area (Å²) in [5, 5.41) is 3.88. The van der Waals surface area contributed by atoms with Gasteiger partial charge in [-0.05, 0) is 31.0 Å². The van der Waals surface area contributed by atoms with E-state index in [-0.39, 0.29) is 23.6 Å². The number of alkyl halides is 3. The quantitative estimate of drug-likeness (QED) is 0.705. The summed E-state index contributed by atoms with van der Waals surface area (Å²) in [6.45, 7) is 3.44. The topological polar surface area (TPSA) is 80.9 Å². The van der Waals surface area contributed by atoms with Gasteiger partial charge in [0.15, 0.2) is 12.4 Å². The van der Waals surface area contributed by atoms with E-state index in [0.29, 0.717) is 57.5 Å². The molecule has 4 rings (SSSR count). The van der Waals surface area contributed by atoms with Crippen molar-refractivity contribution in [1.82, 2.24) is 19.9 Å². The average Bonchev–Trinajstić information content (AvgIpc) is 3.24. The summed E-state index contributed by atoms with van der Waals surface area (Å²) >= 11 is 0. The van der Waals surface area contributed by atoms with Crippen LogP contribution in [0.25, 0.3) is 0 Å². The molecule has 0 radical (unpaired) electrons. The van der Waals surface area contributed by atoms with Crippen LogP contribution in [0.1, 0.15) is 35.5 Å². The van der Waals surface area contributed by atoms with E-state index in [1.807, 2.05) is 0 Å². The maximum absolute atomic E-state index is 13.1. The first kappa shape index (κ1) is 22.4. The predicted molar refractivity (Wildman–Crippen MR) is 106 cm³/mol. The highest BCUT2D eigenvalue weighted by Crippen LogP contribution is 2.36. The molecule has 0 bridgehead atoms. The van der Waals surface area contributed by atoms with Gasteiger partial charge in [-0.1, -0.05) is 17.3 Å². The minimum Gasteiger partial charge on any atom is -0.484 e. The molecule has 0 saturated carbocycles. The molecular formula is C21H25F3N4O4. The van der Waals surface area contributed by atoms with Crippen LogP contribution in [0.4, 0.5) is 18.0 Å². The van der Waals surface area contributed by atoms with Gasteiger partial charge in [-0.2, -0.15) is 18.2 Å². The standard InChI is InChI=1S/C21H25F3N4O4/c1-14-25-19(32-26-14)17-10-16(11-28(12-17)20(29)27-6-8-30-9-7-27)15-2-4-18(5-3-15)31-13-21(22,23)24/h2-5,16-17H,6-13H2,1H3. The lowest BCUT2D eigenvalue weighted by molar-refractivity contribution is -0.153. The molecule has 2 amide bonds. The van der Waals surface area contributed by atoms with E-state index in [0.717, 1.165) is 5.56 Å². The fourth-order valence-electron chi connectivity index (χ4n) is 4.11. The lowest BCUT2D eigenvalue weighted by Gasteiger charge is -2.40. The molecule has 2 unspecified atom stereocenters. The second-order valence-corrected chi connectivity index (χ2v) is 8.07. The molecule has 2 aromatic rings. The van der Waals surface area contributed by atoms with E-state index in [1.165, 1.54) is 12.1 Å². The van der Waals surface area contributed by atoms with Crippen molar-refractivity contribution in [1.29, 1.82) is 0 Å². The predicted octanol–water partition coefficient (Wildman–Crippen LogP) is 3.34. The van der Waals surface area contributed by atoms with Crippen molar-refractivity contribution in [3.05, 3.63) is 41.5 Å². The number of aromatic nitrogens is 2. The minimum absolute atomic E-state index is 0.0392. The third-order valence-electron chi connectivity index (χ3n) is 5.65.